The SMILES string of the molecule is CCCCCCCCCCCCCCCCCC(=O)OC[C@H](COP(=O)(O)OC[C@H](O)COP(=O)(O)OC[C@@H](COC(=O)CCCCCCCCC)OC(=O)CCCCCCCCCCCCCC)OC(=O)CCCCCCCCC. The standard InChI is InChI=1S/C62H120O17P2/c1-5-9-13-17-21-23-25-27-28-29-31-32-36-39-43-47-60(65)73-53-57(78-61(66)48-44-40-35-20-16-12-8-4)54-76-80(68,69)74-50-56(63)51-75-81(70,71)77-55-58(52-72-59(64)46-42-38-34-19-15-11-7-3)79-62(67)49-45-41-37-33-30-26-24-22-18-14-10-6-2/h56-58,63H,5-55H2,1-4H3,(H,68,69)(H,70,71)/t56-,57+,58+/m0/s1. The van der Waals surface area contributed by atoms with Crippen LogP contribution in [0.1, 0.15) is 317 Å². The molecule has 0 aliphatic carbocycles. The van der Waals surface area contributed by atoms with E-state index >= 15 is 0 Å². The predicted octanol–water partition coefficient (Wildman–Crippen LogP) is 17.2. The number of esters is 4. The lowest BCUT2D eigenvalue weighted by Crippen LogP contribution is -2.30. The van der Waals surface area contributed by atoms with Crippen molar-refractivity contribution in [2.24, 2.45) is 0 Å². The molecule has 0 saturated carbocycles. The van der Waals surface area contributed by atoms with Crippen molar-refractivity contribution in [3.05, 3.63) is 0 Å². The second kappa shape index (κ2) is 57.2. The summed E-state index contributed by atoms with van der Waals surface area (Å²) < 4.78 is 67.7. The number of phosphoric acid groups is 2. The van der Waals surface area contributed by atoms with E-state index in [0.29, 0.717) is 25.7 Å². The van der Waals surface area contributed by atoms with E-state index in [0.717, 1.165) is 116 Å². The van der Waals surface area contributed by atoms with E-state index in [1.165, 1.54) is 122 Å². The van der Waals surface area contributed by atoms with Crippen molar-refractivity contribution in [2.45, 2.75) is 335 Å². The van der Waals surface area contributed by atoms with Crippen LogP contribution in [0.2, 0.25) is 0 Å². The number of rotatable bonds is 63. The summed E-state index contributed by atoms with van der Waals surface area (Å²) in [7, 11) is -9.87. The number of carbonyl (C=O) groups excluding carboxylic acids is 4. The Balaban J connectivity index is 5.11. The minimum Gasteiger partial charge on any atom is -0.462 e. The molecule has 0 radical (unpaired) electrons. The largest absolute Gasteiger partial charge is 0.472 e. The van der Waals surface area contributed by atoms with E-state index in [9.17, 15) is 43.2 Å². The van der Waals surface area contributed by atoms with Gasteiger partial charge in [-0.3, -0.25) is 37.3 Å². The number of phosphoric ester groups is 2. The number of ether oxygens (including phenoxy) is 4. The Labute approximate surface area is 492 Å². The summed E-state index contributed by atoms with van der Waals surface area (Å²) in [5.74, 6) is -2.14. The molecule has 0 rings (SSSR count). The van der Waals surface area contributed by atoms with Gasteiger partial charge in [-0.25, -0.2) is 9.13 Å². The second-order valence-corrected chi connectivity index (χ2v) is 25.4. The number of carbonyl (C=O) groups is 4. The van der Waals surface area contributed by atoms with Gasteiger partial charge in [0.05, 0.1) is 26.4 Å². The Morgan fingerprint density at radius 2 is 0.494 bits per heavy atom. The van der Waals surface area contributed by atoms with Gasteiger partial charge in [-0.1, -0.05) is 265 Å². The number of aliphatic hydroxyl groups excluding tert-OH is 1. The summed E-state index contributed by atoms with van der Waals surface area (Å²) in [6.07, 6.45) is 41.9. The molecule has 19 heteroatoms. The first-order valence-corrected chi connectivity index (χ1v) is 35.8. The second-order valence-electron chi connectivity index (χ2n) is 22.4. The van der Waals surface area contributed by atoms with Gasteiger partial charge in [0.1, 0.15) is 19.3 Å². The summed E-state index contributed by atoms with van der Waals surface area (Å²) in [4.78, 5) is 71.9. The number of hydrogen-bond acceptors (Lipinski definition) is 15. The molecular weight excluding hydrogens is 1080 g/mol. The maximum absolute atomic E-state index is 12.9. The summed E-state index contributed by atoms with van der Waals surface area (Å²) in [6, 6.07) is 0. The van der Waals surface area contributed by atoms with Gasteiger partial charge in [0.2, 0.25) is 0 Å². The molecule has 0 aromatic heterocycles. The van der Waals surface area contributed by atoms with Crippen LogP contribution in [-0.2, 0) is 65.4 Å². The van der Waals surface area contributed by atoms with Crippen molar-refractivity contribution in [1.29, 1.82) is 0 Å². The van der Waals surface area contributed by atoms with Crippen LogP contribution in [0.3, 0.4) is 0 Å². The highest BCUT2D eigenvalue weighted by Gasteiger charge is 2.30. The molecule has 0 heterocycles. The fraction of sp³-hybridized carbons (Fsp3) is 0.935. The monoisotopic (exact) mass is 1200 g/mol. The Hall–Kier alpha value is -1.94. The zero-order valence-electron chi connectivity index (χ0n) is 51.7. The lowest BCUT2D eigenvalue weighted by molar-refractivity contribution is -0.161. The van der Waals surface area contributed by atoms with Gasteiger partial charge in [-0.15, -0.1) is 0 Å². The molecule has 0 amide bonds. The lowest BCUT2D eigenvalue weighted by Gasteiger charge is -2.21. The highest BCUT2D eigenvalue weighted by atomic mass is 31.2. The Kier molecular flexibility index (Phi) is 55.8. The van der Waals surface area contributed by atoms with Gasteiger partial charge in [0.15, 0.2) is 12.2 Å². The van der Waals surface area contributed by atoms with Crippen molar-refractivity contribution in [3.8, 4) is 0 Å². The maximum Gasteiger partial charge on any atom is 0.472 e. The van der Waals surface area contributed by atoms with Crippen LogP contribution < -0.4 is 0 Å². The lowest BCUT2D eigenvalue weighted by atomic mass is 10.0. The van der Waals surface area contributed by atoms with Gasteiger partial charge in [-0.2, -0.15) is 0 Å². The maximum atomic E-state index is 12.9. The van der Waals surface area contributed by atoms with Crippen molar-refractivity contribution >= 4 is 39.5 Å². The first-order valence-electron chi connectivity index (χ1n) is 32.8. The molecule has 0 aromatic carbocycles. The van der Waals surface area contributed by atoms with Crippen molar-refractivity contribution in [2.75, 3.05) is 39.6 Å². The van der Waals surface area contributed by atoms with Crippen molar-refractivity contribution in [3.63, 3.8) is 0 Å². The Bertz CT molecular complexity index is 1570. The van der Waals surface area contributed by atoms with E-state index in [1.54, 1.807) is 0 Å². The van der Waals surface area contributed by atoms with Gasteiger partial charge < -0.3 is 33.8 Å². The molecule has 81 heavy (non-hydrogen) atoms. The molecule has 0 aliphatic heterocycles. The Morgan fingerprint density at radius 1 is 0.296 bits per heavy atom. The summed E-state index contributed by atoms with van der Waals surface area (Å²) in [5.41, 5.74) is 0. The minimum atomic E-state index is -4.94. The minimum absolute atomic E-state index is 0.105. The van der Waals surface area contributed by atoms with Crippen LogP contribution in [0.4, 0.5) is 0 Å². The molecule has 0 spiro atoms. The molecule has 0 saturated heterocycles. The molecule has 5 atom stereocenters. The quantitative estimate of drug-likeness (QED) is 0.0222. The van der Waals surface area contributed by atoms with E-state index in [2.05, 4.69) is 27.7 Å². The van der Waals surface area contributed by atoms with Crippen LogP contribution in [0, 0.1) is 0 Å². The summed E-state index contributed by atoms with van der Waals surface area (Å²) >= 11 is 0. The zero-order chi connectivity index (χ0) is 59.8. The first kappa shape index (κ1) is 79.1. The van der Waals surface area contributed by atoms with E-state index < -0.39 is 97.5 Å². The third-order valence-corrected chi connectivity index (χ3v) is 16.3. The van der Waals surface area contributed by atoms with Gasteiger partial charge in [0.25, 0.3) is 0 Å². The summed E-state index contributed by atoms with van der Waals surface area (Å²) in [5, 5.41) is 10.5. The first-order chi connectivity index (χ1) is 39.2. The summed E-state index contributed by atoms with van der Waals surface area (Å²) in [6.45, 7) is 4.80. The molecule has 2 unspecified atom stereocenters. The average molecular weight is 1200 g/mol. The third-order valence-electron chi connectivity index (χ3n) is 14.4. The van der Waals surface area contributed by atoms with Crippen molar-refractivity contribution in [1.82, 2.24) is 0 Å². The topological polar surface area (TPSA) is 237 Å². The molecule has 480 valence electrons. The normalized spacial score (nSPS) is 14.2. The highest BCUT2D eigenvalue weighted by molar-refractivity contribution is 7.47. The van der Waals surface area contributed by atoms with Gasteiger partial charge in [-0.05, 0) is 25.7 Å². The van der Waals surface area contributed by atoms with Crippen LogP contribution in [0.5, 0.6) is 0 Å². The molecule has 0 bridgehead atoms. The van der Waals surface area contributed by atoms with Crippen LogP contribution >= 0.6 is 15.6 Å². The third kappa shape index (κ3) is 56.9. The highest BCUT2D eigenvalue weighted by Crippen LogP contribution is 2.45. The molecule has 0 aliphatic rings. The molecule has 3 N–H and O–H groups in total. The molecular formula is C62H120O17P2. The van der Waals surface area contributed by atoms with Crippen LogP contribution in [-0.4, -0.2) is 96.7 Å². The fourth-order valence-electron chi connectivity index (χ4n) is 9.28. The van der Waals surface area contributed by atoms with Crippen molar-refractivity contribution < 1.29 is 80.2 Å². The van der Waals surface area contributed by atoms with Gasteiger partial charge >= 0.3 is 39.5 Å². The fourth-order valence-corrected chi connectivity index (χ4v) is 10.9. The molecule has 0 aromatic rings. The predicted molar refractivity (Wildman–Crippen MR) is 322 cm³/mol. The van der Waals surface area contributed by atoms with Gasteiger partial charge in [0, 0.05) is 25.7 Å². The average Bonchev–Trinajstić information content (AvgIpc) is 3.44. The zero-order valence-corrected chi connectivity index (χ0v) is 53.5. The van der Waals surface area contributed by atoms with E-state index in [1.807, 2.05) is 0 Å². The smallest absolute Gasteiger partial charge is 0.462 e. The Morgan fingerprint density at radius 3 is 0.728 bits per heavy atom. The molecule has 17 nitrogen and oxygen atoms in total. The number of aliphatic hydroxyl groups is 1. The molecule has 0 fully saturated rings. The van der Waals surface area contributed by atoms with Crippen LogP contribution in [0.15, 0.2) is 0 Å². The number of hydrogen-bond donors (Lipinski definition) is 3. The van der Waals surface area contributed by atoms with E-state index in [-0.39, 0.29) is 25.7 Å². The number of unbranched alkanes of at least 4 members (excludes halogenated alkanes) is 37. The van der Waals surface area contributed by atoms with E-state index in [4.69, 9.17) is 37.0 Å². The van der Waals surface area contributed by atoms with Crippen LogP contribution in [0.25, 0.3) is 0 Å².